The molecule has 1 atom stereocenters. The van der Waals surface area contributed by atoms with Crippen molar-refractivity contribution >= 4 is 22.9 Å². The highest BCUT2D eigenvalue weighted by molar-refractivity contribution is 7.10. The summed E-state index contributed by atoms with van der Waals surface area (Å²) >= 11 is 1.79. The van der Waals surface area contributed by atoms with Gasteiger partial charge >= 0.3 is 0 Å². The Morgan fingerprint density at radius 1 is 1.32 bits per heavy atom. The molecule has 0 aliphatic carbocycles. The number of nitrogens with zero attached hydrogens (tertiary/aromatic N) is 1. The summed E-state index contributed by atoms with van der Waals surface area (Å²) in [7, 11) is 0. The van der Waals surface area contributed by atoms with Crippen LogP contribution in [0.15, 0.2) is 41.8 Å². The molecule has 0 unspecified atom stereocenters. The molecule has 1 saturated heterocycles. The van der Waals surface area contributed by atoms with Crippen LogP contribution in [0.5, 0.6) is 0 Å². The summed E-state index contributed by atoms with van der Waals surface area (Å²) in [4.78, 5) is 16.0. The van der Waals surface area contributed by atoms with Gasteiger partial charge < -0.3 is 5.32 Å². The van der Waals surface area contributed by atoms with Gasteiger partial charge in [0.15, 0.2) is 0 Å². The van der Waals surface area contributed by atoms with Gasteiger partial charge in [-0.2, -0.15) is 0 Å². The van der Waals surface area contributed by atoms with Crippen LogP contribution in [-0.4, -0.2) is 23.9 Å². The number of anilines is 1. The lowest BCUT2D eigenvalue weighted by Gasteiger charge is -2.22. The molecule has 3 nitrogen and oxygen atoms in total. The fraction of sp³-hybridized carbons (Fsp3) is 0.389. The summed E-state index contributed by atoms with van der Waals surface area (Å²) in [6, 6.07) is 12.8. The minimum atomic E-state index is 0.0766. The van der Waals surface area contributed by atoms with Gasteiger partial charge in [0.05, 0.1) is 6.54 Å². The van der Waals surface area contributed by atoms with Crippen LogP contribution in [0.25, 0.3) is 0 Å². The van der Waals surface area contributed by atoms with Crippen molar-refractivity contribution in [3.8, 4) is 0 Å². The van der Waals surface area contributed by atoms with E-state index in [4.69, 9.17) is 0 Å². The molecule has 1 amide bonds. The van der Waals surface area contributed by atoms with Crippen molar-refractivity contribution in [3.63, 3.8) is 0 Å². The predicted octanol–water partition coefficient (Wildman–Crippen LogP) is 4.09. The van der Waals surface area contributed by atoms with Crippen LogP contribution in [0.3, 0.4) is 0 Å². The van der Waals surface area contributed by atoms with E-state index in [0.717, 1.165) is 25.1 Å². The SMILES string of the molecule is CCc1ccc(NC(=O)CN2CCC[C@@H]2c2cccs2)cc1. The van der Waals surface area contributed by atoms with Crippen LogP contribution >= 0.6 is 11.3 Å². The van der Waals surface area contributed by atoms with E-state index in [-0.39, 0.29) is 5.91 Å². The molecule has 1 aromatic carbocycles. The van der Waals surface area contributed by atoms with Crippen LogP contribution in [0, 0.1) is 0 Å². The van der Waals surface area contributed by atoms with E-state index in [0.29, 0.717) is 12.6 Å². The van der Waals surface area contributed by atoms with Crippen molar-refractivity contribution in [1.82, 2.24) is 4.90 Å². The Morgan fingerprint density at radius 2 is 2.14 bits per heavy atom. The third-order valence-electron chi connectivity index (χ3n) is 4.23. The fourth-order valence-electron chi connectivity index (χ4n) is 3.03. The molecule has 1 aliphatic heterocycles. The van der Waals surface area contributed by atoms with Crippen molar-refractivity contribution in [2.45, 2.75) is 32.2 Å². The van der Waals surface area contributed by atoms with Crippen LogP contribution in [-0.2, 0) is 11.2 Å². The Bertz CT molecular complexity index is 607. The summed E-state index contributed by atoms with van der Waals surface area (Å²) in [5.74, 6) is 0.0766. The number of hydrogen-bond donors (Lipinski definition) is 1. The predicted molar refractivity (Wildman–Crippen MR) is 92.3 cm³/mol. The third-order valence-corrected chi connectivity index (χ3v) is 5.20. The highest BCUT2D eigenvalue weighted by atomic mass is 32.1. The van der Waals surface area contributed by atoms with Crippen LogP contribution < -0.4 is 5.32 Å². The van der Waals surface area contributed by atoms with Gasteiger partial charge in [-0.15, -0.1) is 11.3 Å². The number of likely N-dealkylation sites (tertiary alicyclic amines) is 1. The topological polar surface area (TPSA) is 32.3 Å². The Balaban J connectivity index is 1.58. The Hall–Kier alpha value is -1.65. The van der Waals surface area contributed by atoms with E-state index < -0.39 is 0 Å². The number of aryl methyl sites for hydroxylation is 1. The van der Waals surface area contributed by atoms with E-state index in [1.807, 2.05) is 12.1 Å². The minimum absolute atomic E-state index is 0.0766. The first kappa shape index (κ1) is 15.3. The van der Waals surface area contributed by atoms with Crippen molar-refractivity contribution in [2.75, 3.05) is 18.4 Å². The molecular formula is C18H22N2OS. The average Bonchev–Trinajstić information content (AvgIpc) is 3.18. The fourth-order valence-corrected chi connectivity index (χ4v) is 3.92. The maximum Gasteiger partial charge on any atom is 0.238 e. The Labute approximate surface area is 136 Å². The highest BCUT2D eigenvalue weighted by Crippen LogP contribution is 2.34. The first-order chi connectivity index (χ1) is 10.8. The number of benzene rings is 1. The largest absolute Gasteiger partial charge is 0.325 e. The van der Waals surface area contributed by atoms with Crippen molar-refractivity contribution in [1.29, 1.82) is 0 Å². The van der Waals surface area contributed by atoms with E-state index in [9.17, 15) is 4.79 Å². The van der Waals surface area contributed by atoms with Crippen molar-refractivity contribution in [2.24, 2.45) is 0 Å². The monoisotopic (exact) mass is 314 g/mol. The van der Waals surface area contributed by atoms with Gasteiger partial charge in [0.1, 0.15) is 0 Å². The average molecular weight is 314 g/mol. The number of nitrogens with one attached hydrogen (secondary N) is 1. The number of carbonyl (C=O) groups excluding carboxylic acids is 1. The molecular weight excluding hydrogens is 292 g/mol. The maximum atomic E-state index is 12.3. The van der Waals surface area contributed by atoms with Gasteiger partial charge in [-0.1, -0.05) is 25.1 Å². The minimum Gasteiger partial charge on any atom is -0.325 e. The van der Waals surface area contributed by atoms with Crippen LogP contribution in [0.1, 0.15) is 36.2 Å². The van der Waals surface area contributed by atoms with E-state index >= 15 is 0 Å². The molecule has 2 heterocycles. The number of hydrogen-bond acceptors (Lipinski definition) is 3. The molecule has 116 valence electrons. The van der Waals surface area contributed by atoms with Crippen LogP contribution in [0.4, 0.5) is 5.69 Å². The standard InChI is InChI=1S/C18H22N2OS/c1-2-14-7-9-15(10-8-14)19-18(21)13-20-11-3-5-16(20)17-6-4-12-22-17/h4,6-10,12,16H,2-3,5,11,13H2,1H3,(H,19,21)/t16-/m1/s1. The van der Waals surface area contributed by atoms with Gasteiger partial charge in [-0.25, -0.2) is 0 Å². The molecule has 1 N–H and O–H groups in total. The van der Waals surface area contributed by atoms with Gasteiger partial charge in [-0.3, -0.25) is 9.69 Å². The van der Waals surface area contributed by atoms with Gasteiger partial charge in [0.25, 0.3) is 0 Å². The second-order valence-electron chi connectivity index (χ2n) is 5.74. The number of thiophene rings is 1. The zero-order chi connectivity index (χ0) is 15.4. The molecule has 0 bridgehead atoms. The molecule has 0 saturated carbocycles. The summed E-state index contributed by atoms with van der Waals surface area (Å²) in [5, 5.41) is 5.12. The van der Waals surface area contributed by atoms with E-state index in [2.05, 4.69) is 46.8 Å². The van der Waals surface area contributed by atoms with Gasteiger partial charge in [-0.05, 0) is 54.9 Å². The molecule has 1 fully saturated rings. The summed E-state index contributed by atoms with van der Waals surface area (Å²) in [6.45, 7) is 3.61. The van der Waals surface area contributed by atoms with Crippen molar-refractivity contribution in [3.05, 3.63) is 52.2 Å². The van der Waals surface area contributed by atoms with Gasteiger partial charge in [0, 0.05) is 16.6 Å². The number of amides is 1. The number of rotatable bonds is 5. The van der Waals surface area contributed by atoms with Crippen LogP contribution in [0.2, 0.25) is 0 Å². The summed E-state index contributed by atoms with van der Waals surface area (Å²) in [6.07, 6.45) is 3.34. The lowest BCUT2D eigenvalue weighted by atomic mass is 10.1. The molecule has 2 aromatic rings. The first-order valence-electron chi connectivity index (χ1n) is 7.92. The summed E-state index contributed by atoms with van der Waals surface area (Å²) < 4.78 is 0. The van der Waals surface area contributed by atoms with Crippen molar-refractivity contribution < 1.29 is 4.79 Å². The second-order valence-corrected chi connectivity index (χ2v) is 6.72. The number of carbonyl (C=O) groups is 1. The lowest BCUT2D eigenvalue weighted by molar-refractivity contribution is -0.117. The second kappa shape index (κ2) is 7.07. The normalized spacial score (nSPS) is 18.5. The molecule has 1 aliphatic rings. The van der Waals surface area contributed by atoms with Gasteiger partial charge in [0.2, 0.25) is 5.91 Å². The molecule has 4 heteroatoms. The zero-order valence-electron chi connectivity index (χ0n) is 12.9. The maximum absolute atomic E-state index is 12.3. The highest BCUT2D eigenvalue weighted by Gasteiger charge is 2.28. The third kappa shape index (κ3) is 3.57. The molecule has 1 aromatic heterocycles. The smallest absolute Gasteiger partial charge is 0.238 e. The molecule has 0 radical (unpaired) electrons. The lowest BCUT2D eigenvalue weighted by Crippen LogP contribution is -2.32. The first-order valence-corrected chi connectivity index (χ1v) is 8.80. The molecule has 22 heavy (non-hydrogen) atoms. The quantitative estimate of drug-likeness (QED) is 0.901. The summed E-state index contributed by atoms with van der Waals surface area (Å²) in [5.41, 5.74) is 2.17. The Morgan fingerprint density at radius 3 is 2.82 bits per heavy atom. The Kier molecular flexibility index (Phi) is 4.90. The zero-order valence-corrected chi connectivity index (χ0v) is 13.7. The van der Waals surface area contributed by atoms with E-state index in [1.165, 1.54) is 16.9 Å². The van der Waals surface area contributed by atoms with E-state index in [1.54, 1.807) is 11.3 Å². The molecule has 0 spiro atoms. The molecule has 3 rings (SSSR count).